The van der Waals surface area contributed by atoms with E-state index in [4.69, 9.17) is 0 Å². The Bertz CT molecular complexity index is 822. The van der Waals surface area contributed by atoms with Gasteiger partial charge in [-0.2, -0.15) is 0 Å². The number of aliphatic hydroxyl groups is 1. The van der Waals surface area contributed by atoms with Crippen LogP contribution in [0.1, 0.15) is 40.2 Å². The third-order valence-electron chi connectivity index (χ3n) is 4.27. The van der Waals surface area contributed by atoms with Crippen LogP contribution in [0.4, 0.5) is 10.9 Å². The van der Waals surface area contributed by atoms with Crippen LogP contribution in [0.3, 0.4) is 0 Å². The molecule has 7 heteroatoms. The quantitative estimate of drug-likeness (QED) is 0.723. The highest BCUT2D eigenvalue weighted by atomic mass is 32.1. The van der Waals surface area contributed by atoms with Crippen LogP contribution in [-0.4, -0.2) is 33.9 Å². The summed E-state index contributed by atoms with van der Waals surface area (Å²) in [5, 5.41) is 17.7. The van der Waals surface area contributed by atoms with Crippen LogP contribution >= 0.6 is 11.3 Å². The summed E-state index contributed by atoms with van der Waals surface area (Å²) in [6, 6.07) is 3.99. The van der Waals surface area contributed by atoms with Crippen LogP contribution in [0, 0.1) is 0 Å². The number of carbonyl (C=O) groups excluding carboxylic acids is 1. The zero-order valence-electron chi connectivity index (χ0n) is 13.3. The fourth-order valence-electron chi connectivity index (χ4n) is 2.74. The number of hydrogen-bond acceptors (Lipinski definition) is 7. The van der Waals surface area contributed by atoms with Gasteiger partial charge in [0.1, 0.15) is 11.6 Å². The summed E-state index contributed by atoms with van der Waals surface area (Å²) in [4.78, 5) is 22.1. The summed E-state index contributed by atoms with van der Waals surface area (Å²) < 4.78 is 0. The summed E-state index contributed by atoms with van der Waals surface area (Å²) in [5.74, 6) is 0.604. The number of anilines is 2. The minimum absolute atomic E-state index is 0.0697. The van der Waals surface area contributed by atoms with Crippen molar-refractivity contribution < 1.29 is 9.90 Å². The molecule has 2 heterocycles. The van der Waals surface area contributed by atoms with Gasteiger partial charge in [0.05, 0.1) is 10.6 Å². The first-order chi connectivity index (χ1) is 11.7. The van der Waals surface area contributed by atoms with Crippen molar-refractivity contribution in [2.45, 2.75) is 31.7 Å². The number of ketones is 1. The molecule has 124 valence electrons. The fourth-order valence-corrected chi connectivity index (χ4v) is 3.80. The summed E-state index contributed by atoms with van der Waals surface area (Å²) in [6.07, 6.45) is 5.05. The van der Waals surface area contributed by atoms with Gasteiger partial charge < -0.3 is 15.7 Å². The molecule has 2 aliphatic rings. The van der Waals surface area contributed by atoms with E-state index in [9.17, 15) is 9.90 Å². The highest BCUT2D eigenvalue weighted by Gasteiger charge is 2.29. The molecule has 24 heavy (non-hydrogen) atoms. The van der Waals surface area contributed by atoms with Gasteiger partial charge in [-0.3, -0.25) is 4.79 Å². The molecule has 0 aliphatic heterocycles. The van der Waals surface area contributed by atoms with E-state index in [0.717, 1.165) is 10.8 Å². The third kappa shape index (κ3) is 2.75. The first kappa shape index (κ1) is 15.1. The van der Waals surface area contributed by atoms with Crippen molar-refractivity contribution in [2.75, 3.05) is 17.7 Å². The molecule has 2 aromatic heterocycles. The molecule has 0 bridgehead atoms. The summed E-state index contributed by atoms with van der Waals surface area (Å²) >= 11 is 1.43. The number of hydrogen-bond donors (Lipinski definition) is 3. The molecule has 0 amide bonds. The maximum Gasteiger partial charge on any atom is 0.194 e. The van der Waals surface area contributed by atoms with E-state index < -0.39 is 0 Å². The molecule has 0 atom stereocenters. The molecule has 2 aliphatic carbocycles. The van der Waals surface area contributed by atoms with Crippen LogP contribution in [-0.2, 0) is 6.42 Å². The van der Waals surface area contributed by atoms with E-state index in [1.807, 2.05) is 0 Å². The van der Waals surface area contributed by atoms with Crippen molar-refractivity contribution in [3.05, 3.63) is 40.0 Å². The van der Waals surface area contributed by atoms with Gasteiger partial charge in [-0.1, -0.05) is 11.3 Å². The molecule has 0 aromatic carbocycles. The van der Waals surface area contributed by atoms with Crippen molar-refractivity contribution in [2.24, 2.45) is 0 Å². The van der Waals surface area contributed by atoms with Crippen LogP contribution in [0.5, 0.6) is 0 Å². The highest BCUT2D eigenvalue weighted by Crippen LogP contribution is 2.38. The zero-order chi connectivity index (χ0) is 16.7. The molecule has 0 unspecified atom stereocenters. The number of nitrogens with one attached hydrogen (secondary N) is 2. The number of rotatable bonds is 5. The smallest absolute Gasteiger partial charge is 0.194 e. The van der Waals surface area contributed by atoms with Crippen molar-refractivity contribution in [3.63, 3.8) is 0 Å². The lowest BCUT2D eigenvalue weighted by atomic mass is 9.93. The number of carbonyl (C=O) groups is 1. The molecule has 4 rings (SSSR count). The Balaban J connectivity index is 1.62. The highest BCUT2D eigenvalue weighted by molar-refractivity contribution is 7.16. The second-order valence-electron chi connectivity index (χ2n) is 6.05. The van der Waals surface area contributed by atoms with E-state index >= 15 is 0 Å². The van der Waals surface area contributed by atoms with Gasteiger partial charge >= 0.3 is 0 Å². The Labute approximate surface area is 143 Å². The molecule has 0 spiro atoms. The predicted octanol–water partition coefficient (Wildman–Crippen LogP) is 3.25. The molecule has 6 nitrogen and oxygen atoms in total. The van der Waals surface area contributed by atoms with Gasteiger partial charge in [0.25, 0.3) is 0 Å². The number of fused-ring (bicyclic) bond motifs is 1. The number of Topliss-reactive ketones (excluding diaryl/α,β-unsaturated/α-hetero) is 1. The van der Waals surface area contributed by atoms with Gasteiger partial charge in [0.15, 0.2) is 10.9 Å². The van der Waals surface area contributed by atoms with Crippen molar-refractivity contribution >= 4 is 33.8 Å². The van der Waals surface area contributed by atoms with Crippen molar-refractivity contribution in [1.82, 2.24) is 9.97 Å². The van der Waals surface area contributed by atoms with Gasteiger partial charge in [0, 0.05) is 30.4 Å². The topological polar surface area (TPSA) is 87.1 Å². The van der Waals surface area contributed by atoms with Crippen molar-refractivity contribution in [1.29, 1.82) is 0 Å². The third-order valence-corrected chi connectivity index (χ3v) is 5.31. The molecule has 1 saturated carbocycles. The normalized spacial score (nSPS) is 16.7. The maximum absolute atomic E-state index is 12.7. The molecular weight excluding hydrogens is 324 g/mol. The van der Waals surface area contributed by atoms with Crippen molar-refractivity contribution in [3.8, 4) is 0 Å². The molecular formula is C17H18N4O2S. The van der Waals surface area contributed by atoms with E-state index in [0.29, 0.717) is 40.7 Å². The SMILES string of the molecule is CNc1ccc(C(=O)C2=C(O)c3sc(NC4CC4)nc3CC2)cn1. The van der Waals surface area contributed by atoms with Crippen LogP contribution < -0.4 is 10.6 Å². The van der Waals surface area contributed by atoms with E-state index in [2.05, 4.69) is 20.6 Å². The van der Waals surface area contributed by atoms with Gasteiger partial charge in [-0.05, 0) is 37.8 Å². The lowest BCUT2D eigenvalue weighted by Crippen LogP contribution is -2.12. The lowest BCUT2D eigenvalue weighted by molar-refractivity contribution is 0.102. The van der Waals surface area contributed by atoms with E-state index in [-0.39, 0.29) is 11.5 Å². The minimum atomic E-state index is -0.168. The Kier molecular flexibility index (Phi) is 3.72. The Morgan fingerprint density at radius 3 is 2.83 bits per heavy atom. The minimum Gasteiger partial charge on any atom is -0.506 e. The number of aryl methyl sites for hydroxylation is 1. The standard InChI is InChI=1S/C17H18N4O2S/c1-18-13-7-2-9(8-19-13)14(22)11-5-6-12-16(15(11)23)24-17(21-12)20-10-3-4-10/h2,7-8,10,23H,3-6H2,1H3,(H,18,19)(H,20,21). The first-order valence-corrected chi connectivity index (χ1v) is 8.84. The first-order valence-electron chi connectivity index (χ1n) is 8.03. The van der Waals surface area contributed by atoms with E-state index in [1.165, 1.54) is 30.4 Å². The molecule has 1 fully saturated rings. The van der Waals surface area contributed by atoms with Gasteiger partial charge in [-0.15, -0.1) is 0 Å². The molecule has 0 saturated heterocycles. The molecule has 2 aromatic rings. The summed E-state index contributed by atoms with van der Waals surface area (Å²) in [7, 11) is 1.78. The van der Waals surface area contributed by atoms with Crippen LogP contribution in [0.15, 0.2) is 23.9 Å². The number of nitrogens with zero attached hydrogens (tertiary/aromatic N) is 2. The Hall–Kier alpha value is -2.41. The second kappa shape index (κ2) is 5.90. The average molecular weight is 342 g/mol. The fraction of sp³-hybridized carbons (Fsp3) is 0.353. The monoisotopic (exact) mass is 342 g/mol. The average Bonchev–Trinajstić information content (AvgIpc) is 3.31. The number of aliphatic hydroxyl groups excluding tert-OH is 1. The lowest BCUT2D eigenvalue weighted by Gasteiger charge is -2.14. The summed E-state index contributed by atoms with van der Waals surface area (Å²) in [6.45, 7) is 0. The van der Waals surface area contributed by atoms with Crippen LogP contribution in [0.2, 0.25) is 0 Å². The number of allylic oxidation sites excluding steroid dienone is 1. The largest absolute Gasteiger partial charge is 0.506 e. The van der Waals surface area contributed by atoms with Gasteiger partial charge in [0.2, 0.25) is 0 Å². The Morgan fingerprint density at radius 2 is 2.17 bits per heavy atom. The second-order valence-corrected chi connectivity index (χ2v) is 7.05. The zero-order valence-corrected chi connectivity index (χ0v) is 14.1. The molecule has 3 N–H and O–H groups in total. The van der Waals surface area contributed by atoms with E-state index in [1.54, 1.807) is 19.2 Å². The maximum atomic E-state index is 12.7. The van der Waals surface area contributed by atoms with Crippen LogP contribution in [0.25, 0.3) is 5.76 Å². The summed E-state index contributed by atoms with van der Waals surface area (Å²) in [5.41, 5.74) is 1.81. The molecule has 0 radical (unpaired) electrons. The predicted molar refractivity (Wildman–Crippen MR) is 94.7 cm³/mol. The van der Waals surface area contributed by atoms with Gasteiger partial charge in [-0.25, -0.2) is 9.97 Å². The number of thiazole rings is 1. The Morgan fingerprint density at radius 1 is 1.33 bits per heavy atom. The number of aromatic nitrogens is 2. The number of pyridine rings is 1.